The lowest BCUT2D eigenvalue weighted by Gasteiger charge is -2.28. The van der Waals surface area contributed by atoms with Crippen molar-refractivity contribution < 1.29 is 18.3 Å². The minimum absolute atomic E-state index is 0.0826. The molecule has 3 N–H and O–H groups in total. The summed E-state index contributed by atoms with van der Waals surface area (Å²) in [7, 11) is 0. The maximum atomic E-state index is 12.4. The Kier molecular flexibility index (Phi) is 5.43. The first-order valence-electron chi connectivity index (χ1n) is 6.53. The van der Waals surface area contributed by atoms with E-state index in [1.54, 1.807) is 0 Å². The molecule has 0 aromatic rings. The zero-order chi connectivity index (χ0) is 13.8. The largest absolute Gasteiger partial charge is 0.401 e. The van der Waals surface area contributed by atoms with E-state index in [9.17, 15) is 18.3 Å². The lowest BCUT2D eigenvalue weighted by molar-refractivity contribution is -0.147. The number of rotatable bonds is 8. The third-order valence-corrected chi connectivity index (χ3v) is 3.57. The standard InChI is InChI=1S/C12H23F3N2O/c1-2-11(18,8-16)6-3-7-17(10-4-5-10)9-12(13,14)15/h10,18H,2-9,16H2,1H3. The highest BCUT2D eigenvalue weighted by atomic mass is 19.4. The molecule has 1 atom stereocenters. The Morgan fingerprint density at radius 1 is 1.33 bits per heavy atom. The van der Waals surface area contributed by atoms with Gasteiger partial charge in [0.15, 0.2) is 0 Å². The van der Waals surface area contributed by atoms with Gasteiger partial charge in [0.2, 0.25) is 0 Å². The van der Waals surface area contributed by atoms with Gasteiger partial charge in [-0.15, -0.1) is 0 Å². The van der Waals surface area contributed by atoms with Gasteiger partial charge in [0.1, 0.15) is 0 Å². The van der Waals surface area contributed by atoms with Crippen LogP contribution < -0.4 is 5.73 Å². The maximum absolute atomic E-state index is 12.4. The summed E-state index contributed by atoms with van der Waals surface area (Å²) < 4.78 is 37.1. The number of alkyl halides is 3. The van der Waals surface area contributed by atoms with Crippen molar-refractivity contribution in [2.45, 2.75) is 56.8 Å². The number of nitrogens with zero attached hydrogens (tertiary/aromatic N) is 1. The molecule has 0 heterocycles. The maximum Gasteiger partial charge on any atom is 0.401 e. The summed E-state index contributed by atoms with van der Waals surface area (Å²) in [6, 6.07) is 0.0826. The quantitative estimate of drug-likeness (QED) is 0.707. The SMILES string of the molecule is CCC(O)(CN)CCCN(CC(F)(F)F)C1CC1. The molecule has 1 rings (SSSR count). The van der Waals surface area contributed by atoms with Crippen LogP contribution >= 0.6 is 0 Å². The first kappa shape index (κ1) is 15.7. The number of nitrogens with two attached hydrogens (primary N) is 1. The topological polar surface area (TPSA) is 49.5 Å². The second-order valence-corrected chi connectivity index (χ2v) is 5.20. The van der Waals surface area contributed by atoms with Crippen LogP contribution in [0, 0.1) is 0 Å². The zero-order valence-electron chi connectivity index (χ0n) is 10.8. The zero-order valence-corrected chi connectivity index (χ0v) is 10.8. The molecule has 0 aromatic heterocycles. The Morgan fingerprint density at radius 3 is 2.33 bits per heavy atom. The van der Waals surface area contributed by atoms with Gasteiger partial charge in [-0.2, -0.15) is 13.2 Å². The monoisotopic (exact) mass is 268 g/mol. The molecule has 3 nitrogen and oxygen atoms in total. The minimum atomic E-state index is -4.14. The van der Waals surface area contributed by atoms with Crippen molar-refractivity contribution >= 4 is 0 Å². The van der Waals surface area contributed by atoms with Gasteiger partial charge in [0.05, 0.1) is 12.1 Å². The Labute approximate surface area is 106 Å². The average molecular weight is 268 g/mol. The molecule has 1 unspecified atom stereocenters. The molecule has 18 heavy (non-hydrogen) atoms. The molecule has 6 heteroatoms. The normalized spacial score (nSPS) is 20.2. The summed E-state index contributed by atoms with van der Waals surface area (Å²) in [5, 5.41) is 9.96. The lowest BCUT2D eigenvalue weighted by atomic mass is 9.95. The highest BCUT2D eigenvalue weighted by Crippen LogP contribution is 2.30. The number of hydrogen-bond donors (Lipinski definition) is 2. The van der Waals surface area contributed by atoms with E-state index >= 15 is 0 Å². The van der Waals surface area contributed by atoms with Crippen molar-refractivity contribution in [3.8, 4) is 0 Å². The fourth-order valence-corrected chi connectivity index (χ4v) is 2.10. The predicted molar refractivity (Wildman–Crippen MR) is 64.2 cm³/mol. The summed E-state index contributed by atoms with van der Waals surface area (Å²) >= 11 is 0. The van der Waals surface area contributed by atoms with E-state index in [0.717, 1.165) is 12.8 Å². The van der Waals surface area contributed by atoms with Crippen LogP contribution in [0.15, 0.2) is 0 Å². The summed E-state index contributed by atoms with van der Waals surface area (Å²) in [5.41, 5.74) is 4.54. The molecule has 0 spiro atoms. The highest BCUT2D eigenvalue weighted by molar-refractivity contribution is 4.86. The fraction of sp³-hybridized carbons (Fsp3) is 1.00. The number of hydrogen-bond acceptors (Lipinski definition) is 3. The molecule has 1 saturated carbocycles. The smallest absolute Gasteiger partial charge is 0.389 e. The van der Waals surface area contributed by atoms with E-state index in [1.165, 1.54) is 4.90 Å². The Bertz CT molecular complexity index is 250. The van der Waals surface area contributed by atoms with Gasteiger partial charge in [-0.3, -0.25) is 4.90 Å². The van der Waals surface area contributed by atoms with Gasteiger partial charge in [-0.25, -0.2) is 0 Å². The molecule has 108 valence electrons. The third-order valence-electron chi connectivity index (χ3n) is 3.57. The van der Waals surface area contributed by atoms with Crippen LogP contribution in [0.4, 0.5) is 13.2 Å². The Morgan fingerprint density at radius 2 is 1.94 bits per heavy atom. The van der Waals surface area contributed by atoms with Crippen molar-refractivity contribution in [1.29, 1.82) is 0 Å². The van der Waals surface area contributed by atoms with Gasteiger partial charge in [0.25, 0.3) is 0 Å². The Balaban J connectivity index is 2.34. The second kappa shape index (κ2) is 6.21. The van der Waals surface area contributed by atoms with Crippen LogP contribution in [-0.2, 0) is 0 Å². The summed E-state index contributed by atoms with van der Waals surface area (Å²) in [6.07, 6.45) is -0.894. The molecule has 0 aromatic carbocycles. The van der Waals surface area contributed by atoms with E-state index < -0.39 is 18.3 Å². The van der Waals surface area contributed by atoms with Crippen LogP contribution in [0.1, 0.15) is 39.0 Å². The fourth-order valence-electron chi connectivity index (χ4n) is 2.10. The van der Waals surface area contributed by atoms with E-state index in [4.69, 9.17) is 5.73 Å². The van der Waals surface area contributed by atoms with Gasteiger partial charge < -0.3 is 10.8 Å². The van der Waals surface area contributed by atoms with Crippen molar-refractivity contribution in [2.75, 3.05) is 19.6 Å². The first-order valence-corrected chi connectivity index (χ1v) is 6.53. The van der Waals surface area contributed by atoms with E-state index in [0.29, 0.717) is 25.8 Å². The molecular weight excluding hydrogens is 245 g/mol. The second-order valence-electron chi connectivity index (χ2n) is 5.20. The van der Waals surface area contributed by atoms with Gasteiger partial charge >= 0.3 is 6.18 Å². The molecular formula is C12H23F3N2O. The minimum Gasteiger partial charge on any atom is -0.389 e. The first-order chi connectivity index (χ1) is 8.29. The van der Waals surface area contributed by atoms with Crippen LogP contribution in [-0.4, -0.2) is 47.5 Å². The van der Waals surface area contributed by atoms with Crippen molar-refractivity contribution in [2.24, 2.45) is 5.73 Å². The van der Waals surface area contributed by atoms with Crippen molar-refractivity contribution in [3.05, 3.63) is 0 Å². The summed E-state index contributed by atoms with van der Waals surface area (Å²) in [4.78, 5) is 1.48. The number of aliphatic hydroxyl groups is 1. The van der Waals surface area contributed by atoms with Crippen molar-refractivity contribution in [1.82, 2.24) is 4.90 Å². The van der Waals surface area contributed by atoms with E-state index in [1.807, 2.05) is 6.92 Å². The van der Waals surface area contributed by atoms with Crippen LogP contribution in [0.5, 0.6) is 0 Å². The Hall–Kier alpha value is -0.330. The molecule has 0 aliphatic heterocycles. The summed E-state index contributed by atoms with van der Waals surface area (Å²) in [5.74, 6) is 0. The lowest BCUT2D eigenvalue weighted by Crippen LogP contribution is -2.40. The molecule has 0 saturated heterocycles. The highest BCUT2D eigenvalue weighted by Gasteiger charge is 2.37. The van der Waals surface area contributed by atoms with Gasteiger partial charge in [-0.1, -0.05) is 6.92 Å². The van der Waals surface area contributed by atoms with Crippen LogP contribution in [0.25, 0.3) is 0 Å². The molecule has 1 fully saturated rings. The predicted octanol–water partition coefficient (Wildman–Crippen LogP) is 1.89. The average Bonchev–Trinajstić information content (AvgIpc) is 3.09. The molecule has 1 aliphatic carbocycles. The molecule has 0 amide bonds. The third kappa shape index (κ3) is 5.54. The van der Waals surface area contributed by atoms with Gasteiger partial charge in [0, 0.05) is 12.6 Å². The summed E-state index contributed by atoms with van der Waals surface area (Å²) in [6.45, 7) is 1.53. The van der Waals surface area contributed by atoms with Gasteiger partial charge in [-0.05, 0) is 38.6 Å². The number of halogens is 3. The van der Waals surface area contributed by atoms with E-state index in [2.05, 4.69) is 0 Å². The van der Waals surface area contributed by atoms with Crippen molar-refractivity contribution in [3.63, 3.8) is 0 Å². The molecule has 0 radical (unpaired) electrons. The molecule has 0 bridgehead atoms. The molecule has 1 aliphatic rings. The van der Waals surface area contributed by atoms with Crippen LogP contribution in [0.2, 0.25) is 0 Å². The van der Waals surface area contributed by atoms with Crippen LogP contribution in [0.3, 0.4) is 0 Å². The van der Waals surface area contributed by atoms with E-state index in [-0.39, 0.29) is 12.6 Å².